The Labute approximate surface area is 122 Å². The summed E-state index contributed by atoms with van der Waals surface area (Å²) in [6, 6.07) is 8.47. The minimum Gasteiger partial charge on any atom is -0.494 e. The highest BCUT2D eigenvalue weighted by Crippen LogP contribution is 2.34. The second-order valence-electron chi connectivity index (χ2n) is 4.94. The third kappa shape index (κ3) is 1.54. The molecule has 0 saturated carbocycles. The molecule has 1 aliphatic rings. The minimum atomic E-state index is -0.666. The second kappa shape index (κ2) is 4.24. The quantitative estimate of drug-likeness (QED) is 0.715. The molecule has 2 aromatic carbocycles. The van der Waals surface area contributed by atoms with Gasteiger partial charge in [0.05, 0.1) is 16.7 Å². The number of nitrogens with one attached hydrogen (secondary N) is 1. The molecule has 0 bridgehead atoms. The number of rotatable bonds is 1. The zero-order chi connectivity index (χ0) is 15.4. The SMILES string of the molecule is O=C1N=c2c(F)cccc2=C1c1c(O)[nH]c2c(F)cccc12. The van der Waals surface area contributed by atoms with Crippen LogP contribution in [0.15, 0.2) is 41.4 Å². The molecule has 4 rings (SSSR count). The highest BCUT2D eigenvalue weighted by molar-refractivity contribution is 6.24. The molecule has 1 aromatic heterocycles. The molecule has 3 aromatic rings. The molecule has 2 N–H and O–H groups in total. The molecule has 0 saturated heterocycles. The predicted molar refractivity (Wildman–Crippen MR) is 74.6 cm³/mol. The first kappa shape index (κ1) is 12.7. The molecule has 4 nitrogen and oxygen atoms in total. The predicted octanol–water partition coefficient (Wildman–Crippen LogP) is 1.51. The highest BCUT2D eigenvalue weighted by Gasteiger charge is 2.26. The number of fused-ring (bicyclic) bond motifs is 2. The van der Waals surface area contributed by atoms with Crippen LogP contribution in [0.2, 0.25) is 0 Å². The Kier molecular flexibility index (Phi) is 2.45. The summed E-state index contributed by atoms with van der Waals surface area (Å²) in [5.41, 5.74) is 0.275. The van der Waals surface area contributed by atoms with Crippen LogP contribution in [0, 0.1) is 11.6 Å². The molecular weight excluding hydrogens is 290 g/mol. The number of hydrogen-bond acceptors (Lipinski definition) is 2. The maximum Gasteiger partial charge on any atom is 0.279 e. The number of aromatic hydroxyl groups is 1. The lowest BCUT2D eigenvalue weighted by Gasteiger charge is -2.00. The summed E-state index contributed by atoms with van der Waals surface area (Å²) < 4.78 is 27.6. The lowest BCUT2D eigenvalue weighted by molar-refractivity contribution is -0.112. The summed E-state index contributed by atoms with van der Waals surface area (Å²) in [6.07, 6.45) is 0. The van der Waals surface area contributed by atoms with Crippen molar-refractivity contribution in [2.45, 2.75) is 0 Å². The van der Waals surface area contributed by atoms with Gasteiger partial charge in [-0.2, -0.15) is 0 Å². The Morgan fingerprint density at radius 3 is 2.59 bits per heavy atom. The van der Waals surface area contributed by atoms with Crippen LogP contribution in [-0.4, -0.2) is 16.0 Å². The third-order valence-electron chi connectivity index (χ3n) is 3.70. The number of carbonyl (C=O) groups excluding carboxylic acids is 1. The van der Waals surface area contributed by atoms with Crippen molar-refractivity contribution in [1.82, 2.24) is 4.98 Å². The number of aromatic amines is 1. The molecule has 1 amide bonds. The number of benzene rings is 2. The number of para-hydroxylation sites is 2. The van der Waals surface area contributed by atoms with E-state index >= 15 is 0 Å². The van der Waals surface area contributed by atoms with Crippen LogP contribution in [0.4, 0.5) is 8.78 Å². The van der Waals surface area contributed by atoms with E-state index in [4.69, 9.17) is 0 Å². The average molecular weight is 298 g/mol. The molecule has 22 heavy (non-hydrogen) atoms. The second-order valence-corrected chi connectivity index (χ2v) is 4.94. The number of hydrogen-bond donors (Lipinski definition) is 2. The van der Waals surface area contributed by atoms with Crippen LogP contribution in [-0.2, 0) is 4.79 Å². The molecule has 6 heteroatoms. The van der Waals surface area contributed by atoms with Crippen LogP contribution in [0.3, 0.4) is 0 Å². The van der Waals surface area contributed by atoms with Gasteiger partial charge >= 0.3 is 0 Å². The van der Waals surface area contributed by atoms with Crippen molar-refractivity contribution in [3.8, 4) is 5.88 Å². The highest BCUT2D eigenvalue weighted by atomic mass is 19.1. The van der Waals surface area contributed by atoms with Crippen LogP contribution in [0.25, 0.3) is 16.5 Å². The molecular formula is C16H8F2N2O2. The molecule has 0 atom stereocenters. The zero-order valence-electron chi connectivity index (χ0n) is 11.0. The molecule has 0 aliphatic carbocycles. The van der Waals surface area contributed by atoms with Gasteiger partial charge in [0, 0.05) is 10.6 Å². The van der Waals surface area contributed by atoms with Gasteiger partial charge in [-0.25, -0.2) is 13.8 Å². The van der Waals surface area contributed by atoms with E-state index in [2.05, 4.69) is 9.98 Å². The lowest BCUT2D eigenvalue weighted by Crippen LogP contribution is -2.26. The summed E-state index contributed by atoms with van der Waals surface area (Å²) in [5, 5.41) is 10.7. The molecule has 2 heterocycles. The molecule has 1 aliphatic heterocycles. The van der Waals surface area contributed by atoms with Gasteiger partial charge in [-0.3, -0.25) is 4.79 Å². The first-order chi connectivity index (χ1) is 10.6. The van der Waals surface area contributed by atoms with E-state index in [0.29, 0.717) is 5.39 Å². The van der Waals surface area contributed by atoms with Crippen molar-refractivity contribution in [2.24, 2.45) is 4.99 Å². The third-order valence-corrected chi connectivity index (χ3v) is 3.70. The lowest BCUT2D eigenvalue weighted by atomic mass is 10.0. The van der Waals surface area contributed by atoms with Gasteiger partial charge in [0.1, 0.15) is 17.0 Å². The molecule has 0 spiro atoms. The van der Waals surface area contributed by atoms with Crippen molar-refractivity contribution in [3.05, 3.63) is 64.2 Å². The summed E-state index contributed by atoms with van der Waals surface area (Å²) in [5.74, 6) is -2.19. The minimum absolute atomic E-state index is 0.0591. The standard InChI is InChI=1S/C16H8F2N2O2/c17-9-5-1-3-7-11(15(21)19-13(7)9)12-8-4-2-6-10(18)14(8)20-16(12)22/h1-6,19,21H. The molecule has 0 radical (unpaired) electrons. The Hall–Kier alpha value is -3.02. The van der Waals surface area contributed by atoms with Crippen molar-refractivity contribution >= 4 is 22.4 Å². The van der Waals surface area contributed by atoms with Gasteiger partial charge in [0.2, 0.25) is 0 Å². The Balaban J connectivity index is 2.20. The Morgan fingerprint density at radius 1 is 1.05 bits per heavy atom. The van der Waals surface area contributed by atoms with Crippen molar-refractivity contribution in [1.29, 1.82) is 0 Å². The molecule has 0 fully saturated rings. The number of aromatic nitrogens is 1. The van der Waals surface area contributed by atoms with E-state index < -0.39 is 17.5 Å². The monoisotopic (exact) mass is 298 g/mol. The van der Waals surface area contributed by atoms with Crippen molar-refractivity contribution in [2.75, 3.05) is 0 Å². The van der Waals surface area contributed by atoms with Crippen molar-refractivity contribution < 1.29 is 18.7 Å². The fourth-order valence-electron chi connectivity index (χ4n) is 2.77. The number of carbonyl (C=O) groups is 1. The maximum absolute atomic E-state index is 13.8. The van der Waals surface area contributed by atoms with Gasteiger partial charge in [-0.1, -0.05) is 24.3 Å². The smallest absolute Gasteiger partial charge is 0.279 e. The van der Waals surface area contributed by atoms with E-state index in [-0.39, 0.29) is 33.1 Å². The van der Waals surface area contributed by atoms with E-state index in [1.54, 1.807) is 12.1 Å². The largest absolute Gasteiger partial charge is 0.494 e. The average Bonchev–Trinajstić information content (AvgIpc) is 2.98. The number of amides is 1. The summed E-state index contributed by atoms with van der Waals surface area (Å²) in [6.45, 7) is 0. The van der Waals surface area contributed by atoms with Gasteiger partial charge in [0.15, 0.2) is 5.88 Å². The fraction of sp³-hybridized carbons (Fsp3) is 0. The Morgan fingerprint density at radius 2 is 1.77 bits per heavy atom. The zero-order valence-corrected chi connectivity index (χ0v) is 11.0. The molecule has 108 valence electrons. The topological polar surface area (TPSA) is 65.4 Å². The number of halogens is 2. The number of H-pyrrole nitrogens is 1. The Bertz CT molecular complexity index is 1080. The molecule has 0 unspecified atom stereocenters. The van der Waals surface area contributed by atoms with Crippen LogP contribution >= 0.6 is 0 Å². The summed E-state index contributed by atoms with van der Waals surface area (Å²) in [7, 11) is 0. The van der Waals surface area contributed by atoms with Gasteiger partial charge < -0.3 is 10.1 Å². The first-order valence-corrected chi connectivity index (χ1v) is 6.49. The van der Waals surface area contributed by atoms with Crippen LogP contribution < -0.4 is 10.6 Å². The van der Waals surface area contributed by atoms with Gasteiger partial charge in [-0.05, 0) is 12.1 Å². The van der Waals surface area contributed by atoms with Crippen LogP contribution in [0.5, 0.6) is 5.88 Å². The van der Waals surface area contributed by atoms with Crippen molar-refractivity contribution in [3.63, 3.8) is 0 Å². The van der Waals surface area contributed by atoms with E-state index in [9.17, 15) is 18.7 Å². The van der Waals surface area contributed by atoms with Gasteiger partial charge in [0.25, 0.3) is 5.91 Å². The summed E-state index contributed by atoms with van der Waals surface area (Å²) in [4.78, 5) is 18.4. The summed E-state index contributed by atoms with van der Waals surface area (Å²) >= 11 is 0. The fourth-order valence-corrected chi connectivity index (χ4v) is 2.77. The maximum atomic E-state index is 13.8. The number of nitrogens with zero attached hydrogens (tertiary/aromatic N) is 1. The first-order valence-electron chi connectivity index (χ1n) is 6.49. The van der Waals surface area contributed by atoms with Gasteiger partial charge in [-0.15, -0.1) is 0 Å². The van der Waals surface area contributed by atoms with E-state index in [1.165, 1.54) is 24.3 Å². The van der Waals surface area contributed by atoms with E-state index in [1.807, 2.05) is 0 Å². The van der Waals surface area contributed by atoms with Crippen LogP contribution in [0.1, 0.15) is 5.56 Å². The van der Waals surface area contributed by atoms with E-state index in [0.717, 1.165) is 0 Å². The normalized spacial score (nSPS) is 13.5.